The summed E-state index contributed by atoms with van der Waals surface area (Å²) in [4.78, 5) is 2.42. The molecule has 0 spiro atoms. The molecule has 0 saturated carbocycles. The van der Waals surface area contributed by atoms with Gasteiger partial charge in [-0.2, -0.15) is 0 Å². The molecule has 0 heterocycles. The molecule has 0 aliphatic carbocycles. The number of halogens is 1. The summed E-state index contributed by atoms with van der Waals surface area (Å²) in [5.41, 5.74) is 8.30. The van der Waals surface area contributed by atoms with E-state index in [4.69, 9.17) is 5.73 Å². The summed E-state index contributed by atoms with van der Waals surface area (Å²) in [5.74, 6) is 0.708. The molecule has 0 saturated heterocycles. The minimum absolute atomic E-state index is 0.597. The molecule has 0 fully saturated rings. The zero-order valence-corrected chi connectivity index (χ0v) is 12.6. The number of hydrogen-bond acceptors (Lipinski definition) is 2. The molecule has 0 bridgehead atoms. The molecule has 2 N–H and O–H groups in total. The van der Waals surface area contributed by atoms with E-state index in [2.05, 4.69) is 59.8 Å². The van der Waals surface area contributed by atoms with Gasteiger partial charge in [-0.3, -0.25) is 0 Å². The van der Waals surface area contributed by atoms with Gasteiger partial charge in [0.2, 0.25) is 0 Å². The van der Waals surface area contributed by atoms with E-state index in [0.717, 1.165) is 17.6 Å². The Bertz CT molecular complexity index is 352. The number of hydrogen-bond donors (Lipinski definition) is 1. The Morgan fingerprint density at radius 2 is 2.06 bits per heavy atom. The molecular formula is C14H23BrN2. The van der Waals surface area contributed by atoms with E-state index in [1.165, 1.54) is 17.7 Å². The second-order valence-electron chi connectivity index (χ2n) is 4.53. The zero-order valence-electron chi connectivity index (χ0n) is 11.0. The summed E-state index contributed by atoms with van der Waals surface area (Å²) in [6.45, 7) is 9.44. The van der Waals surface area contributed by atoms with E-state index in [-0.39, 0.29) is 0 Å². The minimum Gasteiger partial charge on any atom is -0.371 e. The highest BCUT2D eigenvalue weighted by molar-refractivity contribution is 9.10. The van der Waals surface area contributed by atoms with Crippen LogP contribution in [0.3, 0.4) is 0 Å². The first kappa shape index (κ1) is 14.5. The zero-order chi connectivity index (χ0) is 12.8. The average molecular weight is 299 g/mol. The molecule has 0 aliphatic rings. The second kappa shape index (κ2) is 7.02. The summed E-state index contributed by atoms with van der Waals surface area (Å²) < 4.78 is 1.12. The van der Waals surface area contributed by atoms with Gasteiger partial charge >= 0.3 is 0 Å². The number of anilines is 1. The van der Waals surface area contributed by atoms with E-state index in [1.807, 2.05) is 0 Å². The number of nitrogens with two attached hydrogens (primary N) is 1. The molecule has 0 amide bonds. The van der Waals surface area contributed by atoms with Gasteiger partial charge in [-0.05, 0) is 30.5 Å². The first-order valence-corrected chi connectivity index (χ1v) is 7.15. The maximum atomic E-state index is 5.81. The predicted molar refractivity (Wildman–Crippen MR) is 79.4 cm³/mol. The molecule has 1 aromatic carbocycles. The Kier molecular flexibility index (Phi) is 6.00. The molecule has 1 atom stereocenters. The highest BCUT2D eigenvalue weighted by Crippen LogP contribution is 2.26. The van der Waals surface area contributed by atoms with Crippen molar-refractivity contribution in [3.05, 3.63) is 28.2 Å². The third-order valence-electron chi connectivity index (χ3n) is 3.22. The molecule has 1 unspecified atom stereocenters. The van der Waals surface area contributed by atoms with Crippen LogP contribution in [-0.2, 0) is 6.54 Å². The molecule has 0 radical (unpaired) electrons. The van der Waals surface area contributed by atoms with Crippen LogP contribution in [0, 0.1) is 5.92 Å². The Morgan fingerprint density at radius 3 is 2.59 bits per heavy atom. The van der Waals surface area contributed by atoms with E-state index in [0.29, 0.717) is 12.5 Å². The number of rotatable bonds is 6. The largest absolute Gasteiger partial charge is 0.371 e. The van der Waals surface area contributed by atoms with Crippen LogP contribution in [-0.4, -0.2) is 13.1 Å². The van der Waals surface area contributed by atoms with Crippen LogP contribution >= 0.6 is 15.9 Å². The van der Waals surface area contributed by atoms with Crippen LogP contribution in [0.15, 0.2) is 22.7 Å². The van der Waals surface area contributed by atoms with Crippen LogP contribution in [0.4, 0.5) is 5.69 Å². The van der Waals surface area contributed by atoms with Gasteiger partial charge < -0.3 is 10.6 Å². The Balaban J connectivity index is 2.97. The number of nitrogens with zero attached hydrogens (tertiary/aromatic N) is 1. The highest BCUT2D eigenvalue weighted by Gasteiger charge is 2.12. The van der Waals surface area contributed by atoms with Crippen molar-refractivity contribution in [1.29, 1.82) is 0 Å². The van der Waals surface area contributed by atoms with Gasteiger partial charge in [0.25, 0.3) is 0 Å². The normalized spacial score (nSPS) is 12.5. The highest BCUT2D eigenvalue weighted by atomic mass is 79.9. The van der Waals surface area contributed by atoms with Crippen molar-refractivity contribution in [3.63, 3.8) is 0 Å². The summed E-state index contributed by atoms with van der Waals surface area (Å²) in [6.07, 6.45) is 1.21. The van der Waals surface area contributed by atoms with Crippen molar-refractivity contribution in [3.8, 4) is 0 Å². The lowest BCUT2D eigenvalue weighted by molar-refractivity contribution is 0.547. The van der Waals surface area contributed by atoms with Crippen molar-refractivity contribution in [1.82, 2.24) is 0 Å². The molecule has 1 rings (SSSR count). The summed E-state index contributed by atoms with van der Waals surface area (Å²) in [7, 11) is 0. The van der Waals surface area contributed by atoms with Gasteiger partial charge in [0.1, 0.15) is 0 Å². The second-order valence-corrected chi connectivity index (χ2v) is 5.44. The molecule has 3 heteroatoms. The Labute approximate surface area is 113 Å². The van der Waals surface area contributed by atoms with E-state index < -0.39 is 0 Å². The topological polar surface area (TPSA) is 29.3 Å². The first-order chi connectivity index (χ1) is 8.12. The molecule has 17 heavy (non-hydrogen) atoms. The lowest BCUT2D eigenvalue weighted by atomic mass is 10.1. The molecule has 1 aromatic rings. The van der Waals surface area contributed by atoms with Gasteiger partial charge in [-0.25, -0.2) is 0 Å². The lowest BCUT2D eigenvalue weighted by Crippen LogP contribution is -2.29. The van der Waals surface area contributed by atoms with Gasteiger partial charge in [-0.15, -0.1) is 0 Å². The molecular weight excluding hydrogens is 276 g/mol. The van der Waals surface area contributed by atoms with Crippen molar-refractivity contribution in [2.45, 2.75) is 33.7 Å². The van der Waals surface area contributed by atoms with Crippen molar-refractivity contribution in [2.75, 3.05) is 18.0 Å². The SMILES string of the molecule is CCC(C)CN(CC)c1cc(Br)ccc1CN. The monoisotopic (exact) mass is 298 g/mol. The summed E-state index contributed by atoms with van der Waals surface area (Å²) in [5, 5.41) is 0. The fourth-order valence-electron chi connectivity index (χ4n) is 1.91. The third-order valence-corrected chi connectivity index (χ3v) is 3.71. The fraction of sp³-hybridized carbons (Fsp3) is 0.571. The predicted octanol–water partition coefficient (Wildman–Crippen LogP) is 3.78. The third kappa shape index (κ3) is 4.00. The van der Waals surface area contributed by atoms with Crippen molar-refractivity contribution in [2.24, 2.45) is 11.7 Å². The van der Waals surface area contributed by atoms with Crippen LogP contribution in [0.25, 0.3) is 0 Å². The minimum atomic E-state index is 0.597. The van der Waals surface area contributed by atoms with Crippen LogP contribution in [0.5, 0.6) is 0 Å². The van der Waals surface area contributed by atoms with E-state index in [1.54, 1.807) is 0 Å². The van der Waals surface area contributed by atoms with Crippen LogP contribution < -0.4 is 10.6 Å². The van der Waals surface area contributed by atoms with Gasteiger partial charge in [-0.1, -0.05) is 42.3 Å². The van der Waals surface area contributed by atoms with Crippen molar-refractivity contribution >= 4 is 21.6 Å². The lowest BCUT2D eigenvalue weighted by Gasteiger charge is -2.28. The Morgan fingerprint density at radius 1 is 1.35 bits per heavy atom. The fourth-order valence-corrected chi connectivity index (χ4v) is 2.26. The van der Waals surface area contributed by atoms with Gasteiger partial charge in [0.05, 0.1) is 0 Å². The maximum Gasteiger partial charge on any atom is 0.0423 e. The quantitative estimate of drug-likeness (QED) is 0.866. The maximum absolute atomic E-state index is 5.81. The number of benzene rings is 1. The summed E-state index contributed by atoms with van der Waals surface area (Å²) >= 11 is 3.54. The average Bonchev–Trinajstić information content (AvgIpc) is 2.35. The van der Waals surface area contributed by atoms with E-state index >= 15 is 0 Å². The molecule has 0 aliphatic heterocycles. The van der Waals surface area contributed by atoms with Gasteiger partial charge in [0.15, 0.2) is 0 Å². The Hall–Kier alpha value is -0.540. The van der Waals surface area contributed by atoms with Crippen LogP contribution in [0.1, 0.15) is 32.8 Å². The van der Waals surface area contributed by atoms with Crippen LogP contribution in [0.2, 0.25) is 0 Å². The molecule has 0 aromatic heterocycles. The smallest absolute Gasteiger partial charge is 0.0423 e. The van der Waals surface area contributed by atoms with Crippen molar-refractivity contribution < 1.29 is 0 Å². The van der Waals surface area contributed by atoms with E-state index in [9.17, 15) is 0 Å². The first-order valence-electron chi connectivity index (χ1n) is 6.35. The van der Waals surface area contributed by atoms with Gasteiger partial charge in [0, 0.05) is 29.8 Å². The standard InChI is InChI=1S/C14H23BrN2/c1-4-11(3)10-17(5-2)14-8-13(15)7-6-12(14)9-16/h6-8,11H,4-5,9-10,16H2,1-3H3. The summed E-state index contributed by atoms with van der Waals surface area (Å²) in [6, 6.07) is 6.34. The molecule has 2 nitrogen and oxygen atoms in total. The molecule has 96 valence electrons.